The fourth-order valence-electron chi connectivity index (χ4n) is 1.43. The van der Waals surface area contributed by atoms with Crippen molar-refractivity contribution in [3.8, 4) is 6.07 Å². The van der Waals surface area contributed by atoms with Crippen molar-refractivity contribution in [1.29, 1.82) is 5.26 Å². The molecule has 0 aliphatic rings. The summed E-state index contributed by atoms with van der Waals surface area (Å²) in [5.74, 6) is -0.287. The van der Waals surface area contributed by atoms with Crippen molar-refractivity contribution in [1.82, 2.24) is 0 Å². The lowest BCUT2D eigenvalue weighted by Gasteiger charge is -2.08. The molecule has 0 aromatic heterocycles. The van der Waals surface area contributed by atoms with Crippen molar-refractivity contribution < 1.29 is 4.39 Å². The topological polar surface area (TPSA) is 35.8 Å². The maximum absolute atomic E-state index is 12.7. The molecular formula is C13H8BrFN2. The zero-order chi connectivity index (χ0) is 12.3. The van der Waals surface area contributed by atoms with Crippen molar-refractivity contribution >= 4 is 27.3 Å². The summed E-state index contributed by atoms with van der Waals surface area (Å²) < 4.78 is 13.5. The first-order valence-corrected chi connectivity index (χ1v) is 5.71. The average Bonchev–Trinajstić information content (AvgIpc) is 2.32. The standard InChI is InChI=1S/C13H8BrFN2/c14-12-2-1-3-13(11(12)8-16)17-10-6-4-9(15)5-7-10/h1-7,17H. The highest BCUT2D eigenvalue weighted by Crippen LogP contribution is 2.26. The number of hydrogen-bond acceptors (Lipinski definition) is 2. The van der Waals surface area contributed by atoms with Crippen molar-refractivity contribution in [3.05, 3.63) is 58.3 Å². The SMILES string of the molecule is N#Cc1c(Br)cccc1Nc1ccc(F)cc1. The molecule has 17 heavy (non-hydrogen) atoms. The highest BCUT2D eigenvalue weighted by atomic mass is 79.9. The smallest absolute Gasteiger partial charge is 0.123 e. The van der Waals surface area contributed by atoms with Gasteiger partial charge in [-0.3, -0.25) is 0 Å². The maximum Gasteiger partial charge on any atom is 0.123 e. The molecule has 0 spiro atoms. The molecule has 0 fully saturated rings. The van der Waals surface area contributed by atoms with E-state index in [0.717, 1.165) is 10.2 Å². The van der Waals surface area contributed by atoms with Crippen LogP contribution in [-0.4, -0.2) is 0 Å². The van der Waals surface area contributed by atoms with E-state index in [9.17, 15) is 4.39 Å². The van der Waals surface area contributed by atoms with Gasteiger partial charge in [-0.15, -0.1) is 0 Å². The third kappa shape index (κ3) is 2.63. The van der Waals surface area contributed by atoms with Gasteiger partial charge in [0.1, 0.15) is 11.9 Å². The first kappa shape index (κ1) is 11.6. The van der Waals surface area contributed by atoms with Gasteiger partial charge in [0.15, 0.2) is 0 Å². The fourth-order valence-corrected chi connectivity index (χ4v) is 1.89. The summed E-state index contributed by atoms with van der Waals surface area (Å²) >= 11 is 3.31. The van der Waals surface area contributed by atoms with E-state index in [0.29, 0.717) is 11.3 Å². The summed E-state index contributed by atoms with van der Waals surface area (Å²) in [5.41, 5.74) is 1.95. The minimum Gasteiger partial charge on any atom is -0.354 e. The molecule has 2 rings (SSSR count). The summed E-state index contributed by atoms with van der Waals surface area (Å²) in [4.78, 5) is 0. The van der Waals surface area contributed by atoms with Crippen LogP contribution in [0.4, 0.5) is 15.8 Å². The van der Waals surface area contributed by atoms with Gasteiger partial charge in [-0.1, -0.05) is 6.07 Å². The van der Waals surface area contributed by atoms with Gasteiger partial charge in [0.2, 0.25) is 0 Å². The van der Waals surface area contributed by atoms with Gasteiger partial charge in [0.05, 0.1) is 11.3 Å². The van der Waals surface area contributed by atoms with Gasteiger partial charge in [0, 0.05) is 10.2 Å². The van der Waals surface area contributed by atoms with E-state index in [-0.39, 0.29) is 5.82 Å². The molecule has 0 saturated heterocycles. The lowest BCUT2D eigenvalue weighted by atomic mass is 10.2. The van der Waals surface area contributed by atoms with Crippen molar-refractivity contribution in [2.24, 2.45) is 0 Å². The number of nitriles is 1. The number of anilines is 2. The summed E-state index contributed by atoms with van der Waals surface area (Å²) in [6.45, 7) is 0. The Kier molecular flexibility index (Phi) is 3.40. The Morgan fingerprint density at radius 1 is 1.12 bits per heavy atom. The molecule has 84 valence electrons. The lowest BCUT2D eigenvalue weighted by Crippen LogP contribution is -1.94. The zero-order valence-electron chi connectivity index (χ0n) is 8.74. The molecule has 0 aliphatic heterocycles. The van der Waals surface area contributed by atoms with Crippen LogP contribution in [0.25, 0.3) is 0 Å². The van der Waals surface area contributed by atoms with Crippen LogP contribution in [-0.2, 0) is 0 Å². The molecule has 1 N–H and O–H groups in total. The number of halogens is 2. The predicted molar refractivity (Wildman–Crippen MR) is 68.5 cm³/mol. The fraction of sp³-hybridized carbons (Fsp3) is 0. The van der Waals surface area contributed by atoms with Gasteiger partial charge < -0.3 is 5.32 Å². The second kappa shape index (κ2) is 4.98. The second-order valence-electron chi connectivity index (χ2n) is 3.41. The quantitative estimate of drug-likeness (QED) is 0.900. The van der Waals surface area contributed by atoms with Crippen LogP contribution in [0.3, 0.4) is 0 Å². The van der Waals surface area contributed by atoms with E-state index >= 15 is 0 Å². The third-order valence-corrected chi connectivity index (χ3v) is 2.91. The van der Waals surface area contributed by atoms with E-state index in [2.05, 4.69) is 27.3 Å². The van der Waals surface area contributed by atoms with Crippen LogP contribution < -0.4 is 5.32 Å². The van der Waals surface area contributed by atoms with Crippen LogP contribution in [0.2, 0.25) is 0 Å². The summed E-state index contributed by atoms with van der Waals surface area (Å²) in [6, 6.07) is 13.5. The summed E-state index contributed by atoms with van der Waals surface area (Å²) in [5, 5.41) is 12.1. The van der Waals surface area contributed by atoms with E-state index < -0.39 is 0 Å². The Morgan fingerprint density at radius 3 is 2.47 bits per heavy atom. The molecule has 0 bridgehead atoms. The molecule has 0 radical (unpaired) electrons. The van der Waals surface area contributed by atoms with Crippen molar-refractivity contribution in [2.45, 2.75) is 0 Å². The molecule has 2 nitrogen and oxygen atoms in total. The Morgan fingerprint density at radius 2 is 1.82 bits per heavy atom. The first-order chi connectivity index (χ1) is 8.20. The number of rotatable bonds is 2. The summed E-state index contributed by atoms with van der Waals surface area (Å²) in [6.07, 6.45) is 0. The molecule has 2 aromatic carbocycles. The van der Waals surface area contributed by atoms with Crippen LogP contribution in [0.15, 0.2) is 46.9 Å². The van der Waals surface area contributed by atoms with Crippen LogP contribution in [0.5, 0.6) is 0 Å². The van der Waals surface area contributed by atoms with Gasteiger partial charge in [0.25, 0.3) is 0 Å². The minimum absolute atomic E-state index is 0.287. The molecule has 4 heteroatoms. The van der Waals surface area contributed by atoms with Crippen molar-refractivity contribution in [2.75, 3.05) is 5.32 Å². The monoisotopic (exact) mass is 290 g/mol. The third-order valence-electron chi connectivity index (χ3n) is 2.25. The largest absolute Gasteiger partial charge is 0.354 e. The van der Waals surface area contributed by atoms with E-state index in [1.54, 1.807) is 24.3 Å². The highest BCUT2D eigenvalue weighted by molar-refractivity contribution is 9.10. The number of nitrogens with one attached hydrogen (secondary N) is 1. The molecule has 0 atom stereocenters. The van der Waals surface area contributed by atoms with E-state index in [4.69, 9.17) is 5.26 Å². The molecule has 0 aliphatic carbocycles. The minimum atomic E-state index is -0.287. The average molecular weight is 291 g/mol. The first-order valence-electron chi connectivity index (χ1n) is 4.92. The summed E-state index contributed by atoms with van der Waals surface area (Å²) in [7, 11) is 0. The zero-order valence-corrected chi connectivity index (χ0v) is 10.3. The van der Waals surface area contributed by atoms with E-state index in [1.807, 2.05) is 6.07 Å². The highest BCUT2D eigenvalue weighted by Gasteiger charge is 2.05. The van der Waals surface area contributed by atoms with E-state index in [1.165, 1.54) is 12.1 Å². The lowest BCUT2D eigenvalue weighted by molar-refractivity contribution is 0.628. The van der Waals surface area contributed by atoms with Gasteiger partial charge in [-0.2, -0.15) is 5.26 Å². The van der Waals surface area contributed by atoms with Crippen LogP contribution >= 0.6 is 15.9 Å². The molecular weight excluding hydrogens is 283 g/mol. The predicted octanol–water partition coefficient (Wildman–Crippen LogP) is 4.20. The second-order valence-corrected chi connectivity index (χ2v) is 4.26. The molecule has 0 unspecified atom stereocenters. The van der Waals surface area contributed by atoms with Gasteiger partial charge in [-0.25, -0.2) is 4.39 Å². The maximum atomic E-state index is 12.7. The molecule has 0 saturated carbocycles. The number of nitrogens with zero attached hydrogens (tertiary/aromatic N) is 1. The van der Waals surface area contributed by atoms with Crippen molar-refractivity contribution in [3.63, 3.8) is 0 Å². The van der Waals surface area contributed by atoms with Crippen LogP contribution in [0, 0.1) is 17.1 Å². The number of hydrogen-bond donors (Lipinski definition) is 1. The van der Waals surface area contributed by atoms with Crippen LogP contribution in [0.1, 0.15) is 5.56 Å². The number of benzene rings is 2. The Balaban J connectivity index is 2.34. The molecule has 0 heterocycles. The Labute approximate surface area is 107 Å². The normalized spacial score (nSPS) is 9.71. The Bertz CT molecular complexity index is 573. The van der Waals surface area contributed by atoms with Gasteiger partial charge in [-0.05, 0) is 52.3 Å². The molecule has 0 amide bonds. The van der Waals surface area contributed by atoms with Gasteiger partial charge >= 0.3 is 0 Å². The Hall–Kier alpha value is -1.86. The molecule has 2 aromatic rings.